The van der Waals surface area contributed by atoms with Gasteiger partial charge in [0.05, 0.1) is 5.56 Å². The fourth-order valence-electron chi connectivity index (χ4n) is 1.47. The molecule has 1 heterocycles. The molecule has 0 unspecified atom stereocenters. The fraction of sp³-hybridized carbons (Fsp3) is 0.154. The molecule has 0 saturated carbocycles. The maximum atomic E-state index is 11.7. The Hall–Kier alpha value is -1.90. The molecule has 6 nitrogen and oxygen atoms in total. The Kier molecular flexibility index (Phi) is 4.94. The molecule has 21 heavy (non-hydrogen) atoms. The first-order chi connectivity index (χ1) is 9.97. The Morgan fingerprint density at radius 3 is 2.52 bits per heavy atom. The maximum absolute atomic E-state index is 11.7. The minimum absolute atomic E-state index is 0.0638. The summed E-state index contributed by atoms with van der Waals surface area (Å²) in [4.78, 5) is 11.7. The Bertz CT molecular complexity index is 709. The predicted octanol–water partition coefficient (Wildman–Crippen LogP) is 1.63. The highest BCUT2D eigenvalue weighted by atomic mass is 32.2. The van der Waals surface area contributed by atoms with Gasteiger partial charge in [-0.1, -0.05) is 18.2 Å². The van der Waals surface area contributed by atoms with E-state index in [-0.39, 0.29) is 23.0 Å². The number of sulfonamides is 1. The highest BCUT2D eigenvalue weighted by Crippen LogP contribution is 2.19. The van der Waals surface area contributed by atoms with Crippen LogP contribution in [0.5, 0.6) is 5.75 Å². The maximum Gasteiger partial charge on any atom is 0.339 e. The van der Waals surface area contributed by atoms with Crippen LogP contribution in [0.2, 0.25) is 0 Å². The van der Waals surface area contributed by atoms with E-state index in [1.807, 2.05) is 18.2 Å². The van der Waals surface area contributed by atoms with Crippen LogP contribution in [0.1, 0.15) is 10.4 Å². The third kappa shape index (κ3) is 4.55. The lowest BCUT2D eigenvalue weighted by atomic mass is 10.3. The molecule has 0 saturated heterocycles. The monoisotopic (exact) mass is 327 g/mol. The number of para-hydroxylation sites is 1. The number of ether oxygens (including phenoxy) is 2. The van der Waals surface area contributed by atoms with Crippen LogP contribution < -0.4 is 9.88 Å². The Balaban J connectivity index is 1.81. The Morgan fingerprint density at radius 1 is 1.19 bits per heavy atom. The second-order valence-electron chi connectivity index (χ2n) is 4.00. The number of rotatable bonds is 6. The summed E-state index contributed by atoms with van der Waals surface area (Å²) >= 11 is 0.876. The first kappa shape index (κ1) is 15.5. The molecule has 2 N–H and O–H groups in total. The van der Waals surface area contributed by atoms with Gasteiger partial charge in [0.2, 0.25) is 10.0 Å². The van der Waals surface area contributed by atoms with E-state index in [0.717, 1.165) is 11.3 Å². The van der Waals surface area contributed by atoms with Crippen LogP contribution in [-0.4, -0.2) is 27.6 Å². The van der Waals surface area contributed by atoms with Crippen molar-refractivity contribution in [2.24, 2.45) is 5.14 Å². The number of benzene rings is 1. The topological polar surface area (TPSA) is 95.7 Å². The molecule has 0 radical (unpaired) electrons. The summed E-state index contributed by atoms with van der Waals surface area (Å²) in [6, 6.07) is 10.3. The van der Waals surface area contributed by atoms with Crippen molar-refractivity contribution >= 4 is 27.3 Å². The van der Waals surface area contributed by atoms with Crippen molar-refractivity contribution in [1.29, 1.82) is 0 Å². The van der Waals surface area contributed by atoms with E-state index in [4.69, 9.17) is 14.6 Å². The molecule has 1 aromatic heterocycles. The van der Waals surface area contributed by atoms with Gasteiger partial charge in [-0.2, -0.15) is 0 Å². The average molecular weight is 327 g/mol. The minimum Gasteiger partial charge on any atom is -0.490 e. The summed E-state index contributed by atoms with van der Waals surface area (Å²) < 4.78 is 32.5. The molecule has 2 rings (SSSR count). The van der Waals surface area contributed by atoms with E-state index in [1.165, 1.54) is 11.4 Å². The van der Waals surface area contributed by atoms with Crippen LogP contribution in [0, 0.1) is 0 Å². The van der Waals surface area contributed by atoms with Gasteiger partial charge in [0, 0.05) is 5.38 Å². The van der Waals surface area contributed by atoms with Crippen molar-refractivity contribution in [2.45, 2.75) is 4.21 Å². The van der Waals surface area contributed by atoms with Gasteiger partial charge in [-0.3, -0.25) is 0 Å². The van der Waals surface area contributed by atoms with Crippen molar-refractivity contribution in [3.05, 3.63) is 47.3 Å². The molecule has 0 aliphatic carbocycles. The standard InChI is InChI=1S/C13H13NO5S2/c14-21(16,17)12-8-10(9-20-12)13(15)19-7-6-18-11-4-2-1-3-5-11/h1-5,8-9H,6-7H2,(H2,14,16,17). The van der Waals surface area contributed by atoms with Gasteiger partial charge in [0.1, 0.15) is 23.2 Å². The van der Waals surface area contributed by atoms with Crippen molar-refractivity contribution < 1.29 is 22.7 Å². The lowest BCUT2D eigenvalue weighted by Gasteiger charge is -2.06. The molecule has 0 fully saturated rings. The van der Waals surface area contributed by atoms with E-state index in [1.54, 1.807) is 12.1 Å². The highest BCUT2D eigenvalue weighted by molar-refractivity contribution is 7.91. The lowest BCUT2D eigenvalue weighted by Crippen LogP contribution is -2.12. The van der Waals surface area contributed by atoms with Crippen molar-refractivity contribution in [3.63, 3.8) is 0 Å². The van der Waals surface area contributed by atoms with Gasteiger partial charge in [0.15, 0.2) is 0 Å². The molecule has 2 aromatic rings. The normalized spacial score (nSPS) is 11.1. The molecule has 0 aliphatic heterocycles. The second kappa shape index (κ2) is 6.70. The molecule has 8 heteroatoms. The second-order valence-corrected chi connectivity index (χ2v) is 6.70. The van der Waals surface area contributed by atoms with E-state index in [9.17, 15) is 13.2 Å². The SMILES string of the molecule is NS(=O)(=O)c1cc(C(=O)OCCOc2ccccc2)cs1. The van der Waals surface area contributed by atoms with Crippen LogP contribution in [0.15, 0.2) is 46.0 Å². The van der Waals surface area contributed by atoms with E-state index >= 15 is 0 Å². The van der Waals surface area contributed by atoms with Gasteiger partial charge in [-0.25, -0.2) is 18.4 Å². The third-order valence-electron chi connectivity index (χ3n) is 2.42. The molecule has 0 bridgehead atoms. The zero-order valence-corrected chi connectivity index (χ0v) is 12.5. The number of hydrogen-bond donors (Lipinski definition) is 1. The molecule has 0 spiro atoms. The number of hydrogen-bond acceptors (Lipinski definition) is 6. The molecule has 0 amide bonds. The van der Waals surface area contributed by atoms with Crippen molar-refractivity contribution in [3.8, 4) is 5.75 Å². The van der Waals surface area contributed by atoms with Crippen LogP contribution in [-0.2, 0) is 14.8 Å². The first-order valence-electron chi connectivity index (χ1n) is 5.93. The number of esters is 1. The number of carbonyl (C=O) groups excluding carboxylic acids is 1. The molecule has 0 aliphatic rings. The van der Waals surface area contributed by atoms with Crippen molar-refractivity contribution in [1.82, 2.24) is 0 Å². The van der Waals surface area contributed by atoms with Crippen molar-refractivity contribution in [2.75, 3.05) is 13.2 Å². The summed E-state index contributed by atoms with van der Waals surface area (Å²) in [7, 11) is -3.79. The largest absolute Gasteiger partial charge is 0.490 e. The van der Waals surface area contributed by atoms with Gasteiger partial charge in [0.25, 0.3) is 0 Å². The smallest absolute Gasteiger partial charge is 0.339 e. The zero-order chi connectivity index (χ0) is 15.3. The number of thiophene rings is 1. The highest BCUT2D eigenvalue weighted by Gasteiger charge is 2.16. The van der Waals surface area contributed by atoms with Crippen LogP contribution >= 0.6 is 11.3 Å². The van der Waals surface area contributed by atoms with E-state index in [2.05, 4.69) is 0 Å². The fourth-order valence-corrected chi connectivity index (χ4v) is 3.04. The Labute approximate surface area is 126 Å². The average Bonchev–Trinajstić information content (AvgIpc) is 2.94. The zero-order valence-electron chi connectivity index (χ0n) is 10.9. The summed E-state index contributed by atoms with van der Waals surface area (Å²) in [5.41, 5.74) is 0.156. The summed E-state index contributed by atoms with van der Waals surface area (Å²) in [5.74, 6) is 0.0680. The van der Waals surface area contributed by atoms with Gasteiger partial charge in [-0.05, 0) is 18.2 Å². The molecular formula is C13H13NO5S2. The number of nitrogens with two attached hydrogens (primary N) is 1. The quantitative estimate of drug-likeness (QED) is 0.642. The van der Waals surface area contributed by atoms with Crippen LogP contribution in [0.4, 0.5) is 0 Å². The Morgan fingerprint density at radius 2 is 1.90 bits per heavy atom. The molecular weight excluding hydrogens is 314 g/mol. The minimum atomic E-state index is -3.79. The van der Waals surface area contributed by atoms with Gasteiger partial charge < -0.3 is 9.47 Å². The summed E-state index contributed by atoms with van der Waals surface area (Å²) in [5, 5.41) is 6.36. The molecule has 112 valence electrons. The summed E-state index contributed by atoms with van der Waals surface area (Å²) in [6.45, 7) is 0.274. The van der Waals surface area contributed by atoms with Crippen LogP contribution in [0.3, 0.4) is 0 Å². The van der Waals surface area contributed by atoms with E-state index < -0.39 is 16.0 Å². The number of primary sulfonamides is 1. The van der Waals surface area contributed by atoms with Gasteiger partial charge >= 0.3 is 5.97 Å². The molecule has 0 atom stereocenters. The number of carbonyl (C=O) groups is 1. The molecule has 1 aromatic carbocycles. The first-order valence-corrected chi connectivity index (χ1v) is 8.36. The summed E-state index contributed by atoms with van der Waals surface area (Å²) in [6.07, 6.45) is 0. The predicted molar refractivity (Wildman–Crippen MR) is 77.9 cm³/mol. The third-order valence-corrected chi connectivity index (χ3v) is 4.81. The lowest BCUT2D eigenvalue weighted by molar-refractivity contribution is 0.0451. The van der Waals surface area contributed by atoms with Crippen LogP contribution in [0.25, 0.3) is 0 Å². The van der Waals surface area contributed by atoms with Gasteiger partial charge in [-0.15, -0.1) is 11.3 Å². The van der Waals surface area contributed by atoms with E-state index in [0.29, 0.717) is 5.75 Å².